The second-order valence-electron chi connectivity index (χ2n) is 7.59. The number of phenols is 1. The second-order valence-corrected chi connectivity index (χ2v) is 7.59. The summed E-state index contributed by atoms with van der Waals surface area (Å²) in [5.74, 6) is -1.48. The first kappa shape index (κ1) is 22.4. The summed E-state index contributed by atoms with van der Waals surface area (Å²) >= 11 is 0. The van der Waals surface area contributed by atoms with Crippen LogP contribution in [0.25, 0.3) is 5.76 Å². The number of ketones is 1. The molecule has 1 amide bonds. The number of aryl methyl sites for hydroxylation is 2. The van der Waals surface area contributed by atoms with Crippen molar-refractivity contribution in [3.63, 3.8) is 0 Å². The smallest absolute Gasteiger partial charge is 0.295 e. The lowest BCUT2D eigenvalue weighted by molar-refractivity contribution is -0.140. The van der Waals surface area contributed by atoms with Crippen molar-refractivity contribution >= 4 is 17.4 Å². The maximum atomic E-state index is 13.0. The third-order valence-electron chi connectivity index (χ3n) is 5.46. The molecule has 0 saturated carbocycles. The molecule has 0 aliphatic carbocycles. The van der Waals surface area contributed by atoms with Gasteiger partial charge in [-0.15, -0.1) is 0 Å². The Kier molecular flexibility index (Phi) is 6.65. The van der Waals surface area contributed by atoms with Gasteiger partial charge >= 0.3 is 0 Å². The zero-order chi connectivity index (χ0) is 22.7. The number of phenolic OH excluding ortho intramolecular Hbond substituents is 1. The van der Waals surface area contributed by atoms with E-state index < -0.39 is 17.7 Å². The van der Waals surface area contributed by atoms with Gasteiger partial charge in [-0.25, -0.2) is 0 Å². The lowest BCUT2D eigenvalue weighted by Gasteiger charge is -2.26. The predicted octanol–water partition coefficient (Wildman–Crippen LogP) is 3.48. The van der Waals surface area contributed by atoms with Crippen molar-refractivity contribution in [2.45, 2.75) is 26.3 Å². The number of amides is 1. The molecule has 0 bridgehead atoms. The van der Waals surface area contributed by atoms with Crippen molar-refractivity contribution in [2.24, 2.45) is 0 Å². The first-order valence-corrected chi connectivity index (χ1v) is 10.0. The molecule has 1 atom stereocenters. The number of aliphatic hydroxyl groups is 1. The Balaban J connectivity index is 2.20. The molecule has 2 N–H and O–H groups in total. The fraction of sp³-hybridized carbons (Fsp3) is 0.333. The molecule has 0 aromatic heterocycles. The molecule has 1 aliphatic rings. The zero-order valence-corrected chi connectivity index (χ0v) is 18.1. The fourth-order valence-electron chi connectivity index (χ4n) is 3.84. The molecule has 2 aromatic carbocycles. The van der Waals surface area contributed by atoms with E-state index in [2.05, 4.69) is 0 Å². The number of hydrogen-bond acceptors (Lipinski definition) is 6. The first-order chi connectivity index (χ1) is 14.8. The molecule has 0 spiro atoms. The normalized spacial score (nSPS) is 17.9. The van der Waals surface area contributed by atoms with Crippen LogP contribution in [0.1, 0.15) is 34.7 Å². The average Bonchev–Trinajstić information content (AvgIpc) is 3.00. The Bertz CT molecular complexity index is 1040. The van der Waals surface area contributed by atoms with E-state index in [1.807, 2.05) is 26.0 Å². The van der Waals surface area contributed by atoms with Crippen LogP contribution in [0.2, 0.25) is 0 Å². The summed E-state index contributed by atoms with van der Waals surface area (Å²) in [7, 11) is 2.99. The number of ether oxygens (including phenoxy) is 2. The molecule has 1 saturated heterocycles. The maximum Gasteiger partial charge on any atom is 0.295 e. The van der Waals surface area contributed by atoms with Gasteiger partial charge in [-0.3, -0.25) is 9.59 Å². The number of hydrogen-bond donors (Lipinski definition) is 2. The van der Waals surface area contributed by atoms with Crippen LogP contribution >= 0.6 is 0 Å². The van der Waals surface area contributed by atoms with Gasteiger partial charge in [0.05, 0.1) is 18.7 Å². The highest BCUT2D eigenvalue weighted by molar-refractivity contribution is 6.46. The quantitative estimate of drug-likeness (QED) is 0.305. The Hall–Kier alpha value is -3.32. The predicted molar refractivity (Wildman–Crippen MR) is 116 cm³/mol. The van der Waals surface area contributed by atoms with Crippen LogP contribution in [-0.2, 0) is 14.3 Å². The Morgan fingerprint density at radius 3 is 2.52 bits per heavy atom. The minimum Gasteiger partial charge on any atom is -0.507 e. The molecular formula is C24H27NO6. The fourth-order valence-corrected chi connectivity index (χ4v) is 3.84. The zero-order valence-electron chi connectivity index (χ0n) is 18.1. The number of Topliss-reactive ketones (excluding diaryl/α,β-unsaturated/α-hetero) is 1. The molecule has 7 heteroatoms. The van der Waals surface area contributed by atoms with E-state index in [0.717, 1.165) is 11.1 Å². The number of rotatable bonds is 7. The summed E-state index contributed by atoms with van der Waals surface area (Å²) in [4.78, 5) is 27.4. The molecule has 7 nitrogen and oxygen atoms in total. The molecule has 1 aliphatic heterocycles. The highest BCUT2D eigenvalue weighted by Crippen LogP contribution is 2.42. The van der Waals surface area contributed by atoms with Crippen molar-refractivity contribution in [2.75, 3.05) is 27.4 Å². The van der Waals surface area contributed by atoms with Gasteiger partial charge in [0, 0.05) is 25.8 Å². The third kappa shape index (κ3) is 4.27. The van der Waals surface area contributed by atoms with E-state index in [9.17, 15) is 19.8 Å². The van der Waals surface area contributed by atoms with E-state index in [-0.39, 0.29) is 29.4 Å². The topological polar surface area (TPSA) is 96.3 Å². The molecular weight excluding hydrogens is 398 g/mol. The summed E-state index contributed by atoms with van der Waals surface area (Å²) in [6.45, 7) is 4.42. The molecule has 164 valence electrons. The van der Waals surface area contributed by atoms with Crippen LogP contribution < -0.4 is 4.74 Å². The monoisotopic (exact) mass is 425 g/mol. The first-order valence-electron chi connectivity index (χ1n) is 10.0. The number of aliphatic hydroxyl groups excluding tert-OH is 1. The number of likely N-dealkylation sites (tertiary alicyclic amines) is 1. The highest BCUT2D eigenvalue weighted by Gasteiger charge is 2.46. The third-order valence-corrected chi connectivity index (χ3v) is 5.46. The molecule has 1 heterocycles. The van der Waals surface area contributed by atoms with Gasteiger partial charge in [-0.1, -0.05) is 23.8 Å². The number of carbonyl (C=O) groups excluding carboxylic acids is 2. The molecule has 0 radical (unpaired) electrons. The number of carbonyl (C=O) groups is 2. The van der Waals surface area contributed by atoms with Crippen molar-refractivity contribution in [1.82, 2.24) is 4.90 Å². The van der Waals surface area contributed by atoms with Crippen molar-refractivity contribution in [1.29, 1.82) is 0 Å². The summed E-state index contributed by atoms with van der Waals surface area (Å²) in [6, 6.07) is 9.39. The highest BCUT2D eigenvalue weighted by atomic mass is 16.5. The number of benzene rings is 2. The van der Waals surface area contributed by atoms with Gasteiger partial charge < -0.3 is 24.6 Å². The Labute approximate surface area is 181 Å². The molecule has 31 heavy (non-hydrogen) atoms. The van der Waals surface area contributed by atoms with Gasteiger partial charge in [-0.05, 0) is 49.6 Å². The van der Waals surface area contributed by atoms with E-state index in [4.69, 9.17) is 9.47 Å². The minimum absolute atomic E-state index is 0.0175. The van der Waals surface area contributed by atoms with Crippen molar-refractivity contribution < 1.29 is 29.3 Å². The van der Waals surface area contributed by atoms with Crippen molar-refractivity contribution in [3.05, 3.63) is 64.2 Å². The van der Waals surface area contributed by atoms with Crippen LogP contribution in [0, 0.1) is 13.8 Å². The number of nitrogens with zero attached hydrogens (tertiary/aromatic N) is 1. The average molecular weight is 425 g/mol. The van der Waals surface area contributed by atoms with Gasteiger partial charge in [0.25, 0.3) is 11.7 Å². The number of methoxy groups -OCH3 is 2. The molecule has 2 aromatic rings. The van der Waals surface area contributed by atoms with Crippen LogP contribution in [0.3, 0.4) is 0 Å². The lowest BCUT2D eigenvalue weighted by atomic mass is 9.93. The Morgan fingerprint density at radius 2 is 1.84 bits per heavy atom. The van der Waals surface area contributed by atoms with Gasteiger partial charge in [0.15, 0.2) is 11.5 Å². The standard InChI is InChI=1S/C24H27NO6/c1-14-6-7-15(2)17(12-14)22(27)20-21(16-8-9-18(26)19(13-16)31-4)25(10-5-11-30-3)24(29)23(20)28/h6-9,12-13,21,26-27H,5,10-11H2,1-4H3. The van der Waals surface area contributed by atoms with Gasteiger partial charge in [0.2, 0.25) is 0 Å². The van der Waals surface area contributed by atoms with E-state index in [0.29, 0.717) is 24.2 Å². The van der Waals surface area contributed by atoms with E-state index >= 15 is 0 Å². The Morgan fingerprint density at radius 1 is 1.10 bits per heavy atom. The van der Waals surface area contributed by atoms with Crippen molar-refractivity contribution in [3.8, 4) is 11.5 Å². The molecule has 3 rings (SSSR count). The van der Waals surface area contributed by atoms with Crippen LogP contribution in [0.15, 0.2) is 42.0 Å². The molecule has 1 unspecified atom stereocenters. The minimum atomic E-state index is -0.814. The second kappa shape index (κ2) is 9.22. The summed E-state index contributed by atoms with van der Waals surface area (Å²) < 4.78 is 10.3. The van der Waals surface area contributed by atoms with E-state index in [1.165, 1.54) is 18.1 Å². The lowest BCUT2D eigenvalue weighted by Crippen LogP contribution is -2.31. The summed E-state index contributed by atoms with van der Waals surface area (Å²) in [6.07, 6.45) is 0.527. The van der Waals surface area contributed by atoms with Crippen LogP contribution in [0.5, 0.6) is 11.5 Å². The largest absolute Gasteiger partial charge is 0.507 e. The summed E-state index contributed by atoms with van der Waals surface area (Å²) in [5.41, 5.74) is 2.78. The van der Waals surface area contributed by atoms with Gasteiger partial charge in [-0.2, -0.15) is 0 Å². The maximum absolute atomic E-state index is 13.0. The summed E-state index contributed by atoms with van der Waals surface area (Å²) in [5, 5.41) is 21.2. The van der Waals surface area contributed by atoms with Gasteiger partial charge in [0.1, 0.15) is 5.76 Å². The van der Waals surface area contributed by atoms with Crippen LogP contribution in [-0.4, -0.2) is 54.2 Å². The van der Waals surface area contributed by atoms with Crippen LogP contribution in [0.4, 0.5) is 0 Å². The SMILES string of the molecule is COCCCN1C(=O)C(=O)C(=C(O)c2cc(C)ccc2C)C1c1ccc(O)c(OC)c1. The van der Waals surface area contributed by atoms with E-state index in [1.54, 1.807) is 25.3 Å². The number of aromatic hydroxyl groups is 1. The molecule has 1 fully saturated rings.